The van der Waals surface area contributed by atoms with E-state index in [-0.39, 0.29) is 24.0 Å². The largest absolute Gasteiger partial charge is 0.240 e. The summed E-state index contributed by atoms with van der Waals surface area (Å²) < 4.78 is 51.7. The highest BCUT2D eigenvalue weighted by Gasteiger charge is 2.34. The monoisotopic (exact) mass is 360 g/mol. The van der Waals surface area contributed by atoms with E-state index in [2.05, 4.69) is 4.72 Å². The van der Waals surface area contributed by atoms with E-state index in [0.717, 1.165) is 24.7 Å². The van der Waals surface area contributed by atoms with E-state index in [1.54, 1.807) is 24.3 Å². The Bertz CT molecular complexity index is 736. The van der Waals surface area contributed by atoms with Gasteiger partial charge in [0.15, 0.2) is 0 Å². The molecule has 1 aliphatic rings. The van der Waals surface area contributed by atoms with E-state index < -0.39 is 20.0 Å². The highest BCUT2D eigenvalue weighted by Crippen LogP contribution is 2.28. The Labute approximate surface area is 139 Å². The molecule has 0 heterocycles. The van der Waals surface area contributed by atoms with Crippen LogP contribution in [0.3, 0.4) is 0 Å². The zero-order valence-corrected chi connectivity index (χ0v) is 15.3. The van der Waals surface area contributed by atoms with E-state index in [1.807, 2.05) is 13.8 Å². The number of benzene rings is 1. The molecule has 1 saturated carbocycles. The van der Waals surface area contributed by atoms with Gasteiger partial charge in [-0.25, -0.2) is 21.6 Å². The van der Waals surface area contributed by atoms with Gasteiger partial charge in [0, 0.05) is 19.1 Å². The van der Waals surface area contributed by atoms with Gasteiger partial charge in [-0.2, -0.15) is 4.31 Å². The van der Waals surface area contributed by atoms with Crippen LogP contribution in [0.4, 0.5) is 0 Å². The quantitative estimate of drug-likeness (QED) is 0.762. The number of hydrogen-bond acceptors (Lipinski definition) is 4. The van der Waals surface area contributed by atoms with Crippen molar-refractivity contribution >= 4 is 20.0 Å². The van der Waals surface area contributed by atoms with Gasteiger partial charge in [0.05, 0.1) is 11.2 Å². The molecule has 1 N–H and O–H groups in total. The van der Waals surface area contributed by atoms with Crippen LogP contribution in [-0.4, -0.2) is 46.5 Å². The Hall–Kier alpha value is -0.960. The van der Waals surface area contributed by atoms with Gasteiger partial charge in [-0.05, 0) is 36.5 Å². The van der Waals surface area contributed by atoms with Crippen molar-refractivity contribution in [2.24, 2.45) is 0 Å². The van der Waals surface area contributed by atoms with Gasteiger partial charge in [-0.15, -0.1) is 0 Å². The van der Waals surface area contributed by atoms with Crippen molar-refractivity contribution in [2.75, 3.05) is 19.3 Å². The molecule has 130 valence electrons. The Balaban J connectivity index is 1.98. The molecular formula is C15H24N2O4S2. The zero-order chi connectivity index (χ0) is 17.3. The van der Waals surface area contributed by atoms with Gasteiger partial charge in [0.1, 0.15) is 0 Å². The zero-order valence-electron chi connectivity index (χ0n) is 13.7. The minimum atomic E-state index is -3.62. The number of hydrogen-bond donors (Lipinski definition) is 1. The molecule has 1 aliphatic carbocycles. The fraction of sp³-hybridized carbons (Fsp3) is 0.600. The van der Waals surface area contributed by atoms with Crippen molar-refractivity contribution in [1.29, 1.82) is 0 Å². The van der Waals surface area contributed by atoms with Gasteiger partial charge in [-0.1, -0.05) is 26.0 Å². The first-order valence-corrected chi connectivity index (χ1v) is 11.0. The van der Waals surface area contributed by atoms with Crippen LogP contribution in [0.1, 0.15) is 38.2 Å². The summed E-state index contributed by atoms with van der Waals surface area (Å²) in [5.41, 5.74) is 1.07. The number of rotatable bonds is 8. The van der Waals surface area contributed by atoms with Gasteiger partial charge in [-0.3, -0.25) is 0 Å². The topological polar surface area (TPSA) is 83.6 Å². The molecule has 0 aliphatic heterocycles. The number of nitrogens with zero attached hydrogens (tertiary/aromatic N) is 1. The maximum Gasteiger partial charge on any atom is 0.240 e. The first kappa shape index (κ1) is 18.4. The molecule has 0 amide bonds. The fourth-order valence-electron chi connectivity index (χ4n) is 2.39. The molecule has 0 radical (unpaired) electrons. The van der Waals surface area contributed by atoms with Crippen molar-refractivity contribution in [3.05, 3.63) is 29.8 Å². The van der Waals surface area contributed by atoms with E-state index >= 15 is 0 Å². The summed E-state index contributed by atoms with van der Waals surface area (Å²) in [7, 11) is -6.92. The van der Waals surface area contributed by atoms with Gasteiger partial charge >= 0.3 is 0 Å². The van der Waals surface area contributed by atoms with Crippen LogP contribution in [0.5, 0.6) is 0 Å². The third-order valence-corrected chi connectivity index (χ3v) is 6.67. The lowest BCUT2D eigenvalue weighted by Crippen LogP contribution is -2.39. The predicted octanol–water partition coefficient (Wildman–Crippen LogP) is 1.51. The average molecular weight is 361 g/mol. The second-order valence-electron chi connectivity index (χ2n) is 6.23. The molecule has 0 atom stereocenters. The minimum Gasteiger partial charge on any atom is -0.212 e. The molecule has 1 aromatic rings. The SMILES string of the molecule is CC(C)c1ccc(S(=O)(=O)NCCN(C2CC2)S(C)(=O)=O)cc1. The highest BCUT2D eigenvalue weighted by molar-refractivity contribution is 7.89. The smallest absolute Gasteiger partial charge is 0.212 e. The number of sulfonamides is 2. The molecule has 6 nitrogen and oxygen atoms in total. The van der Waals surface area contributed by atoms with E-state index in [4.69, 9.17) is 0 Å². The highest BCUT2D eigenvalue weighted by atomic mass is 32.2. The predicted molar refractivity (Wildman–Crippen MR) is 90.3 cm³/mol. The first-order chi connectivity index (χ1) is 10.6. The summed E-state index contributed by atoms with van der Waals surface area (Å²) >= 11 is 0. The summed E-state index contributed by atoms with van der Waals surface area (Å²) in [6.45, 7) is 4.31. The Morgan fingerprint density at radius 2 is 1.70 bits per heavy atom. The molecule has 0 bridgehead atoms. The third-order valence-electron chi connectivity index (χ3n) is 3.86. The molecule has 1 aromatic carbocycles. The lowest BCUT2D eigenvalue weighted by atomic mass is 10.0. The van der Waals surface area contributed by atoms with Crippen molar-refractivity contribution in [2.45, 2.75) is 43.5 Å². The summed E-state index contributed by atoms with van der Waals surface area (Å²) in [5, 5.41) is 0. The summed E-state index contributed by atoms with van der Waals surface area (Å²) in [6.07, 6.45) is 2.84. The molecule has 23 heavy (non-hydrogen) atoms. The molecule has 0 saturated heterocycles. The molecule has 1 fully saturated rings. The van der Waals surface area contributed by atoms with Crippen LogP contribution in [0.15, 0.2) is 29.2 Å². The molecule has 8 heteroatoms. The fourth-order valence-corrected chi connectivity index (χ4v) is 4.58. The lowest BCUT2D eigenvalue weighted by Gasteiger charge is -2.19. The van der Waals surface area contributed by atoms with Crippen molar-refractivity contribution in [3.8, 4) is 0 Å². The van der Waals surface area contributed by atoms with E-state index in [0.29, 0.717) is 5.92 Å². The number of nitrogens with one attached hydrogen (secondary N) is 1. The average Bonchev–Trinajstić information content (AvgIpc) is 3.26. The minimum absolute atomic E-state index is 0.0276. The second-order valence-corrected chi connectivity index (χ2v) is 9.93. The molecule has 2 rings (SSSR count). The van der Waals surface area contributed by atoms with Crippen LogP contribution in [0, 0.1) is 0 Å². The third kappa shape index (κ3) is 5.00. The second kappa shape index (κ2) is 6.88. The van der Waals surface area contributed by atoms with Crippen LogP contribution in [0.25, 0.3) is 0 Å². The Morgan fingerprint density at radius 3 is 2.13 bits per heavy atom. The molecular weight excluding hydrogens is 336 g/mol. The summed E-state index contributed by atoms with van der Waals surface area (Å²) in [5.74, 6) is 0.335. The first-order valence-electron chi connectivity index (χ1n) is 7.67. The van der Waals surface area contributed by atoms with Crippen molar-refractivity contribution < 1.29 is 16.8 Å². The normalized spacial score (nSPS) is 16.2. The van der Waals surface area contributed by atoms with Crippen LogP contribution < -0.4 is 4.72 Å². The summed E-state index contributed by atoms with van der Waals surface area (Å²) in [4.78, 5) is 0.194. The summed E-state index contributed by atoms with van der Waals surface area (Å²) in [6, 6.07) is 6.78. The van der Waals surface area contributed by atoms with Crippen LogP contribution >= 0.6 is 0 Å². The maximum absolute atomic E-state index is 12.3. The van der Waals surface area contributed by atoms with Crippen molar-refractivity contribution in [1.82, 2.24) is 9.03 Å². The Morgan fingerprint density at radius 1 is 1.13 bits per heavy atom. The van der Waals surface area contributed by atoms with Crippen molar-refractivity contribution in [3.63, 3.8) is 0 Å². The lowest BCUT2D eigenvalue weighted by molar-refractivity contribution is 0.410. The Kier molecular flexibility index (Phi) is 5.50. The molecule has 0 spiro atoms. The molecule has 0 unspecified atom stereocenters. The van der Waals surface area contributed by atoms with Gasteiger partial charge < -0.3 is 0 Å². The van der Waals surface area contributed by atoms with Gasteiger partial charge in [0.25, 0.3) is 0 Å². The van der Waals surface area contributed by atoms with E-state index in [1.165, 1.54) is 4.31 Å². The molecule has 0 aromatic heterocycles. The van der Waals surface area contributed by atoms with E-state index in [9.17, 15) is 16.8 Å². The van der Waals surface area contributed by atoms with Gasteiger partial charge in [0.2, 0.25) is 20.0 Å². The van der Waals surface area contributed by atoms with Crippen LogP contribution in [-0.2, 0) is 20.0 Å². The standard InChI is InChI=1S/C15H24N2O4S2/c1-12(2)13-4-8-15(9-5-13)23(20,21)16-10-11-17(14-6-7-14)22(3,18)19/h4-5,8-9,12,14,16H,6-7,10-11H2,1-3H3. The maximum atomic E-state index is 12.3. The van der Waals surface area contributed by atoms with Crippen LogP contribution in [0.2, 0.25) is 0 Å².